The second kappa shape index (κ2) is 3.91. The molecule has 1 heterocycles. The van der Waals surface area contributed by atoms with Gasteiger partial charge in [-0.05, 0) is 30.3 Å². The fourth-order valence-electron chi connectivity index (χ4n) is 2.07. The number of phenols is 2. The van der Waals surface area contributed by atoms with E-state index in [-0.39, 0.29) is 39.0 Å². The normalized spacial score (nSPS) is 11.0. The molecule has 3 aromatic rings. The van der Waals surface area contributed by atoms with Crippen molar-refractivity contribution >= 4 is 21.9 Å². The van der Waals surface area contributed by atoms with Gasteiger partial charge >= 0.3 is 0 Å². The number of benzene rings is 2. The first-order chi connectivity index (χ1) is 9.11. The number of hydrogen-bond acceptors (Lipinski definition) is 5. The molecule has 2 N–H and O–H groups in total. The molecule has 5 nitrogen and oxygen atoms in total. The number of ether oxygens (including phenoxy) is 1. The summed E-state index contributed by atoms with van der Waals surface area (Å²) in [5.41, 5.74) is 0.218. The molecule has 0 unspecified atom stereocenters. The first-order valence-corrected chi connectivity index (χ1v) is 5.57. The van der Waals surface area contributed by atoms with Gasteiger partial charge in [0.2, 0.25) is 11.2 Å². The Bertz CT molecular complexity index is 848. The summed E-state index contributed by atoms with van der Waals surface area (Å²) in [4.78, 5) is 12.3. The summed E-state index contributed by atoms with van der Waals surface area (Å²) < 4.78 is 10.6. The zero-order valence-corrected chi connectivity index (χ0v) is 10.0. The summed E-state index contributed by atoms with van der Waals surface area (Å²) in [5.74, 6) is 0.00532. The zero-order chi connectivity index (χ0) is 13.6. The van der Waals surface area contributed by atoms with Crippen LogP contribution in [0.3, 0.4) is 0 Å². The van der Waals surface area contributed by atoms with Crippen LogP contribution < -0.4 is 10.2 Å². The summed E-state index contributed by atoms with van der Waals surface area (Å²) in [6.07, 6.45) is 0. The molecular formula is C14H10O5. The maximum Gasteiger partial charge on any atom is 0.204 e. The molecule has 0 aliphatic rings. The van der Waals surface area contributed by atoms with E-state index in [0.29, 0.717) is 5.58 Å². The smallest absolute Gasteiger partial charge is 0.204 e. The Balaban J connectivity index is 2.57. The number of aromatic hydroxyl groups is 2. The van der Waals surface area contributed by atoms with E-state index in [1.54, 1.807) is 0 Å². The maximum absolute atomic E-state index is 12.3. The molecule has 19 heavy (non-hydrogen) atoms. The average molecular weight is 258 g/mol. The molecule has 0 aliphatic carbocycles. The number of phenolic OH excluding ortho intramolecular Hbond substituents is 2. The predicted octanol–water partition coefficient (Wildman–Crippen LogP) is 2.37. The van der Waals surface area contributed by atoms with Crippen LogP contribution in [0.4, 0.5) is 0 Å². The van der Waals surface area contributed by atoms with Crippen molar-refractivity contribution in [3.05, 3.63) is 40.6 Å². The lowest BCUT2D eigenvalue weighted by atomic mass is 10.1. The van der Waals surface area contributed by atoms with Gasteiger partial charge in [0.25, 0.3) is 0 Å². The quantitative estimate of drug-likeness (QED) is 0.655. The topological polar surface area (TPSA) is 79.9 Å². The summed E-state index contributed by atoms with van der Waals surface area (Å²) in [7, 11) is 1.38. The van der Waals surface area contributed by atoms with Crippen LogP contribution >= 0.6 is 0 Å². The molecule has 3 rings (SSSR count). The molecule has 5 heteroatoms. The Morgan fingerprint density at radius 2 is 1.89 bits per heavy atom. The van der Waals surface area contributed by atoms with E-state index in [4.69, 9.17) is 9.15 Å². The monoisotopic (exact) mass is 258 g/mol. The summed E-state index contributed by atoms with van der Waals surface area (Å²) in [6.45, 7) is 0. The summed E-state index contributed by atoms with van der Waals surface area (Å²) in [6, 6.07) is 7.09. The zero-order valence-electron chi connectivity index (χ0n) is 10.0. The highest BCUT2D eigenvalue weighted by molar-refractivity contribution is 5.94. The van der Waals surface area contributed by atoms with E-state index < -0.39 is 0 Å². The lowest BCUT2D eigenvalue weighted by Crippen LogP contribution is -2.02. The minimum Gasteiger partial charge on any atom is -0.508 e. The van der Waals surface area contributed by atoms with Crippen LogP contribution in [0.2, 0.25) is 0 Å². The van der Waals surface area contributed by atoms with Gasteiger partial charge in [0.05, 0.1) is 17.9 Å². The van der Waals surface area contributed by atoms with Gasteiger partial charge in [0.15, 0.2) is 11.3 Å². The molecule has 2 aromatic carbocycles. The van der Waals surface area contributed by atoms with E-state index in [1.165, 1.54) is 37.4 Å². The standard InChI is InChI=1S/C14H10O5/c1-18-14-10(16)4-3-8-12(17)9-6-7(15)2-5-11(9)19-13(8)14/h2-6,15-16H,1H3. The van der Waals surface area contributed by atoms with Gasteiger partial charge in [0.1, 0.15) is 11.3 Å². The third kappa shape index (κ3) is 1.59. The van der Waals surface area contributed by atoms with E-state index in [0.717, 1.165) is 0 Å². The van der Waals surface area contributed by atoms with E-state index in [2.05, 4.69) is 0 Å². The number of fused-ring (bicyclic) bond motifs is 2. The first-order valence-electron chi connectivity index (χ1n) is 5.57. The van der Waals surface area contributed by atoms with E-state index in [9.17, 15) is 15.0 Å². The highest BCUT2D eigenvalue weighted by Crippen LogP contribution is 2.35. The van der Waals surface area contributed by atoms with Gasteiger partial charge in [-0.2, -0.15) is 0 Å². The molecular weight excluding hydrogens is 248 g/mol. The third-order valence-electron chi connectivity index (χ3n) is 2.96. The highest BCUT2D eigenvalue weighted by Gasteiger charge is 2.15. The Kier molecular flexibility index (Phi) is 2.35. The van der Waals surface area contributed by atoms with Crippen molar-refractivity contribution in [3.63, 3.8) is 0 Å². The van der Waals surface area contributed by atoms with Crippen molar-refractivity contribution in [1.82, 2.24) is 0 Å². The molecule has 1 aromatic heterocycles. The van der Waals surface area contributed by atoms with Crippen molar-refractivity contribution < 1.29 is 19.4 Å². The maximum atomic E-state index is 12.3. The predicted molar refractivity (Wildman–Crippen MR) is 69.9 cm³/mol. The Morgan fingerprint density at radius 1 is 1.11 bits per heavy atom. The van der Waals surface area contributed by atoms with Gasteiger partial charge in [-0.3, -0.25) is 4.79 Å². The molecule has 0 radical (unpaired) electrons. The fourth-order valence-corrected chi connectivity index (χ4v) is 2.07. The number of hydrogen-bond donors (Lipinski definition) is 2. The van der Waals surface area contributed by atoms with Crippen molar-refractivity contribution in [2.75, 3.05) is 7.11 Å². The highest BCUT2D eigenvalue weighted by atomic mass is 16.5. The minimum absolute atomic E-state index is 0.00936. The van der Waals surface area contributed by atoms with Crippen molar-refractivity contribution in [2.24, 2.45) is 0 Å². The molecule has 96 valence electrons. The molecule has 0 saturated carbocycles. The van der Waals surface area contributed by atoms with E-state index in [1.807, 2.05) is 0 Å². The van der Waals surface area contributed by atoms with Crippen LogP contribution in [0.5, 0.6) is 17.2 Å². The van der Waals surface area contributed by atoms with Crippen molar-refractivity contribution in [3.8, 4) is 17.2 Å². The van der Waals surface area contributed by atoms with Gasteiger partial charge < -0.3 is 19.4 Å². The van der Waals surface area contributed by atoms with Gasteiger partial charge in [-0.15, -0.1) is 0 Å². The second-order valence-electron chi connectivity index (χ2n) is 4.11. The van der Waals surface area contributed by atoms with Crippen LogP contribution in [0.1, 0.15) is 0 Å². The Hall–Kier alpha value is -2.69. The van der Waals surface area contributed by atoms with Crippen molar-refractivity contribution in [1.29, 1.82) is 0 Å². The molecule has 0 bridgehead atoms. The van der Waals surface area contributed by atoms with Crippen LogP contribution in [0.15, 0.2) is 39.5 Å². The average Bonchev–Trinajstić information content (AvgIpc) is 2.40. The van der Waals surface area contributed by atoms with Crippen molar-refractivity contribution in [2.45, 2.75) is 0 Å². The Morgan fingerprint density at radius 3 is 2.63 bits per heavy atom. The summed E-state index contributed by atoms with van der Waals surface area (Å²) >= 11 is 0. The van der Waals surface area contributed by atoms with Crippen LogP contribution in [-0.2, 0) is 0 Å². The van der Waals surface area contributed by atoms with Gasteiger partial charge in [0, 0.05) is 0 Å². The second-order valence-corrected chi connectivity index (χ2v) is 4.11. The molecule has 0 spiro atoms. The van der Waals surface area contributed by atoms with Crippen LogP contribution in [0, 0.1) is 0 Å². The van der Waals surface area contributed by atoms with Gasteiger partial charge in [-0.25, -0.2) is 0 Å². The molecule has 0 amide bonds. The van der Waals surface area contributed by atoms with Crippen LogP contribution in [-0.4, -0.2) is 17.3 Å². The first kappa shape index (κ1) is 11.4. The molecule has 0 fully saturated rings. The Labute approximate surface area is 107 Å². The lowest BCUT2D eigenvalue weighted by Gasteiger charge is -2.07. The van der Waals surface area contributed by atoms with Gasteiger partial charge in [-0.1, -0.05) is 0 Å². The van der Waals surface area contributed by atoms with Crippen LogP contribution in [0.25, 0.3) is 21.9 Å². The van der Waals surface area contributed by atoms with E-state index >= 15 is 0 Å². The fraction of sp³-hybridized carbons (Fsp3) is 0.0714. The number of rotatable bonds is 1. The molecule has 0 aliphatic heterocycles. The minimum atomic E-state index is -0.287. The number of methoxy groups -OCH3 is 1. The summed E-state index contributed by atoms with van der Waals surface area (Å²) in [5, 5.41) is 19.7. The largest absolute Gasteiger partial charge is 0.508 e. The third-order valence-corrected chi connectivity index (χ3v) is 2.96. The molecule has 0 atom stereocenters. The molecule has 0 saturated heterocycles. The lowest BCUT2D eigenvalue weighted by molar-refractivity contribution is 0.372. The SMILES string of the molecule is COc1c(O)ccc2c(=O)c3cc(O)ccc3oc12.